The van der Waals surface area contributed by atoms with Crippen LogP contribution in [0.3, 0.4) is 0 Å². The smallest absolute Gasteiger partial charge is 0.261 e. The van der Waals surface area contributed by atoms with Gasteiger partial charge in [-0.05, 0) is 48.4 Å². The average molecular weight is 407 g/mol. The summed E-state index contributed by atoms with van der Waals surface area (Å²) in [5.74, 6) is 0.491. The van der Waals surface area contributed by atoms with Gasteiger partial charge < -0.3 is 14.4 Å². The number of methoxy groups -OCH3 is 1. The Labute approximate surface area is 163 Å². The first kappa shape index (κ1) is 20.1. The first-order valence-electron chi connectivity index (χ1n) is 8.87. The van der Waals surface area contributed by atoms with Crippen molar-refractivity contribution in [1.29, 1.82) is 0 Å². The molecule has 1 aliphatic rings. The van der Waals surface area contributed by atoms with Gasteiger partial charge in [0.15, 0.2) is 16.4 Å². The summed E-state index contributed by atoms with van der Waals surface area (Å²) in [4.78, 5) is 14.3. The Morgan fingerprint density at radius 3 is 2.32 bits per heavy atom. The number of hydrogen-bond acceptors (Lipinski definition) is 5. The Bertz CT molecular complexity index is 913. The van der Waals surface area contributed by atoms with Crippen molar-refractivity contribution in [1.82, 2.24) is 4.90 Å². The molecule has 1 saturated heterocycles. The van der Waals surface area contributed by atoms with E-state index in [0.717, 1.165) is 5.56 Å². The molecule has 1 atom stereocenters. The number of nitrogens with zero attached hydrogens (tertiary/aromatic N) is 1. The SMILES string of the molecule is COc1ccc(OCC(=O)N(Cc2ccc(F)cc2)[C@H]2CCS(=O)(=O)C2)cc1. The van der Waals surface area contributed by atoms with Crippen LogP contribution in [0.2, 0.25) is 0 Å². The van der Waals surface area contributed by atoms with Gasteiger partial charge in [0.25, 0.3) is 5.91 Å². The van der Waals surface area contributed by atoms with Crippen LogP contribution in [0.15, 0.2) is 48.5 Å². The second-order valence-electron chi connectivity index (χ2n) is 6.67. The third-order valence-electron chi connectivity index (χ3n) is 4.66. The molecule has 28 heavy (non-hydrogen) atoms. The highest BCUT2D eigenvalue weighted by Gasteiger charge is 2.34. The van der Waals surface area contributed by atoms with Gasteiger partial charge in [-0.2, -0.15) is 0 Å². The number of benzene rings is 2. The summed E-state index contributed by atoms with van der Waals surface area (Å²) in [5.41, 5.74) is 0.725. The topological polar surface area (TPSA) is 72.9 Å². The lowest BCUT2D eigenvalue weighted by molar-refractivity contribution is -0.136. The molecule has 0 radical (unpaired) electrons. The maximum Gasteiger partial charge on any atom is 0.261 e. The normalized spacial score (nSPS) is 17.9. The molecular formula is C20H22FNO5S. The molecule has 2 aromatic rings. The fraction of sp³-hybridized carbons (Fsp3) is 0.350. The van der Waals surface area contributed by atoms with Crippen molar-refractivity contribution in [2.45, 2.75) is 19.0 Å². The van der Waals surface area contributed by atoms with E-state index in [1.165, 1.54) is 17.0 Å². The molecule has 0 unspecified atom stereocenters. The van der Waals surface area contributed by atoms with Crippen LogP contribution >= 0.6 is 0 Å². The van der Waals surface area contributed by atoms with E-state index in [1.807, 2.05) is 0 Å². The molecule has 2 aromatic carbocycles. The van der Waals surface area contributed by atoms with Gasteiger partial charge in [-0.25, -0.2) is 12.8 Å². The van der Waals surface area contributed by atoms with Crippen molar-refractivity contribution < 1.29 is 27.1 Å². The molecule has 0 aromatic heterocycles. The highest BCUT2D eigenvalue weighted by atomic mass is 32.2. The van der Waals surface area contributed by atoms with Crippen molar-refractivity contribution >= 4 is 15.7 Å². The number of ether oxygens (including phenoxy) is 2. The van der Waals surface area contributed by atoms with Gasteiger partial charge in [0, 0.05) is 12.6 Å². The zero-order valence-corrected chi connectivity index (χ0v) is 16.3. The highest BCUT2D eigenvalue weighted by molar-refractivity contribution is 7.91. The molecule has 0 spiro atoms. The third-order valence-corrected chi connectivity index (χ3v) is 6.41. The van der Waals surface area contributed by atoms with Crippen molar-refractivity contribution in [2.75, 3.05) is 25.2 Å². The van der Waals surface area contributed by atoms with Crippen molar-refractivity contribution in [3.63, 3.8) is 0 Å². The fourth-order valence-electron chi connectivity index (χ4n) is 3.13. The molecule has 0 N–H and O–H groups in total. The highest BCUT2D eigenvalue weighted by Crippen LogP contribution is 2.22. The quantitative estimate of drug-likeness (QED) is 0.705. The number of hydrogen-bond donors (Lipinski definition) is 0. The minimum atomic E-state index is -3.16. The third kappa shape index (κ3) is 5.22. The largest absolute Gasteiger partial charge is 0.497 e. The summed E-state index contributed by atoms with van der Waals surface area (Å²) in [5, 5.41) is 0. The van der Waals surface area contributed by atoms with Crippen molar-refractivity contribution in [3.8, 4) is 11.5 Å². The number of amides is 1. The lowest BCUT2D eigenvalue weighted by atomic mass is 10.1. The number of halogens is 1. The molecular weight excluding hydrogens is 385 g/mol. The van der Waals surface area contributed by atoms with Crippen LogP contribution in [0.4, 0.5) is 4.39 Å². The van der Waals surface area contributed by atoms with E-state index >= 15 is 0 Å². The van der Waals surface area contributed by atoms with E-state index in [1.54, 1.807) is 43.5 Å². The lowest BCUT2D eigenvalue weighted by Gasteiger charge is -2.28. The van der Waals surface area contributed by atoms with Gasteiger partial charge in [-0.3, -0.25) is 4.79 Å². The van der Waals surface area contributed by atoms with Gasteiger partial charge in [0.05, 0.1) is 18.6 Å². The predicted octanol–water partition coefficient (Wildman–Crippen LogP) is 2.43. The molecule has 0 bridgehead atoms. The Morgan fingerprint density at radius 2 is 1.75 bits per heavy atom. The van der Waals surface area contributed by atoms with E-state index in [4.69, 9.17) is 9.47 Å². The van der Waals surface area contributed by atoms with Gasteiger partial charge in [0.2, 0.25) is 0 Å². The summed E-state index contributed by atoms with van der Waals surface area (Å²) < 4.78 is 47.5. The molecule has 1 heterocycles. The zero-order chi connectivity index (χ0) is 20.1. The predicted molar refractivity (Wildman–Crippen MR) is 102 cm³/mol. The number of carbonyl (C=O) groups excluding carboxylic acids is 1. The summed E-state index contributed by atoms with van der Waals surface area (Å²) in [6.45, 7) is -0.0185. The minimum absolute atomic E-state index is 0.0597. The zero-order valence-electron chi connectivity index (χ0n) is 15.5. The van der Waals surface area contributed by atoms with Crippen LogP contribution < -0.4 is 9.47 Å². The Morgan fingerprint density at radius 1 is 1.11 bits per heavy atom. The van der Waals surface area contributed by atoms with Crippen LogP contribution in [0.25, 0.3) is 0 Å². The van der Waals surface area contributed by atoms with Gasteiger partial charge >= 0.3 is 0 Å². The molecule has 0 saturated carbocycles. The average Bonchev–Trinajstić information content (AvgIpc) is 3.05. The van der Waals surface area contributed by atoms with Crippen LogP contribution in [0.1, 0.15) is 12.0 Å². The minimum Gasteiger partial charge on any atom is -0.497 e. The Balaban J connectivity index is 1.71. The monoisotopic (exact) mass is 407 g/mol. The molecule has 0 aliphatic carbocycles. The lowest BCUT2D eigenvalue weighted by Crippen LogP contribution is -2.43. The molecule has 1 amide bonds. The van der Waals surface area contributed by atoms with E-state index < -0.39 is 15.9 Å². The molecule has 3 rings (SSSR count). The number of sulfone groups is 1. The van der Waals surface area contributed by atoms with Crippen molar-refractivity contribution in [3.05, 3.63) is 59.9 Å². The number of rotatable bonds is 7. The second kappa shape index (κ2) is 8.60. The molecule has 6 nitrogen and oxygen atoms in total. The van der Waals surface area contributed by atoms with Gasteiger partial charge in [-0.15, -0.1) is 0 Å². The maximum atomic E-state index is 13.2. The standard InChI is InChI=1S/C20H22FNO5S/c1-26-18-6-8-19(9-7-18)27-13-20(23)22(17-10-11-28(24,25)14-17)12-15-2-4-16(21)5-3-15/h2-9,17H,10-14H2,1H3/t17-/m0/s1. The maximum absolute atomic E-state index is 13.2. The Hall–Kier alpha value is -2.61. The van der Waals surface area contributed by atoms with E-state index in [2.05, 4.69) is 0 Å². The van der Waals surface area contributed by atoms with Crippen LogP contribution in [-0.4, -0.2) is 50.5 Å². The number of carbonyl (C=O) groups is 1. The summed E-state index contributed by atoms with van der Waals surface area (Å²) >= 11 is 0. The van der Waals surface area contributed by atoms with Crippen LogP contribution in [0, 0.1) is 5.82 Å². The van der Waals surface area contributed by atoms with Crippen LogP contribution in [0.5, 0.6) is 11.5 Å². The van der Waals surface area contributed by atoms with Crippen molar-refractivity contribution in [2.24, 2.45) is 0 Å². The van der Waals surface area contributed by atoms with E-state index in [-0.39, 0.29) is 36.4 Å². The summed E-state index contributed by atoms with van der Waals surface area (Å²) in [6, 6.07) is 12.2. The first-order chi connectivity index (χ1) is 13.4. The summed E-state index contributed by atoms with van der Waals surface area (Å²) in [6.07, 6.45) is 0.387. The van der Waals surface area contributed by atoms with E-state index in [9.17, 15) is 17.6 Å². The van der Waals surface area contributed by atoms with Gasteiger partial charge in [0.1, 0.15) is 17.3 Å². The van der Waals surface area contributed by atoms with E-state index in [0.29, 0.717) is 17.9 Å². The molecule has 8 heteroatoms. The molecule has 150 valence electrons. The summed E-state index contributed by atoms with van der Waals surface area (Å²) in [7, 11) is -1.60. The molecule has 1 aliphatic heterocycles. The fourth-order valence-corrected chi connectivity index (χ4v) is 4.86. The van der Waals surface area contributed by atoms with Crippen LogP contribution in [-0.2, 0) is 21.2 Å². The Kier molecular flexibility index (Phi) is 6.18. The first-order valence-corrected chi connectivity index (χ1v) is 10.7. The molecule has 1 fully saturated rings. The van der Waals surface area contributed by atoms with Gasteiger partial charge in [-0.1, -0.05) is 12.1 Å². The second-order valence-corrected chi connectivity index (χ2v) is 8.90.